The number of fused-ring (bicyclic) bond motifs is 6. The molecule has 1 aliphatic heterocycles. The predicted octanol–water partition coefficient (Wildman–Crippen LogP) is 5.46. The summed E-state index contributed by atoms with van der Waals surface area (Å²) in [5.41, 5.74) is 6.39. The molecular formula is C38H47N9O5. The van der Waals surface area contributed by atoms with Crippen molar-refractivity contribution in [2.45, 2.75) is 79.1 Å². The Morgan fingerprint density at radius 3 is 2.58 bits per heavy atom. The number of aromatic amines is 1. The van der Waals surface area contributed by atoms with E-state index in [2.05, 4.69) is 39.8 Å². The lowest BCUT2D eigenvalue weighted by molar-refractivity contribution is -0.135. The number of carbonyl (C=O) groups is 3. The number of benzene rings is 3. The average Bonchev–Trinajstić information content (AvgIpc) is 3.75. The maximum atomic E-state index is 13.1. The number of hydrogen-bond donors (Lipinski definition) is 3. The van der Waals surface area contributed by atoms with Crippen LogP contribution in [0.5, 0.6) is 5.75 Å². The molecule has 0 bridgehead atoms. The summed E-state index contributed by atoms with van der Waals surface area (Å²) in [6.07, 6.45) is 3.82. The Morgan fingerprint density at radius 2 is 1.85 bits per heavy atom. The van der Waals surface area contributed by atoms with Gasteiger partial charge in [-0.1, -0.05) is 39.0 Å². The molecule has 52 heavy (non-hydrogen) atoms. The Balaban J connectivity index is 1.25. The molecule has 3 aromatic carbocycles. The SMILES string of the molecule is CCCC(=O)N(CCC)Cc1nc2ccc3cc4c(cc3c2n1N)OCc1cc(-c2cnc(CN(C(=O)CN(N)C(=O)OC)[C@@H](C)CC)[nH]2)ccc1-4. The lowest BCUT2D eigenvalue weighted by Crippen LogP contribution is -2.48. The van der Waals surface area contributed by atoms with Gasteiger partial charge < -0.3 is 30.1 Å². The molecule has 2 aromatic heterocycles. The number of imidazole rings is 2. The largest absolute Gasteiger partial charge is 0.488 e. The van der Waals surface area contributed by atoms with Gasteiger partial charge in [-0.2, -0.15) is 0 Å². The molecule has 1 atom stereocenters. The van der Waals surface area contributed by atoms with E-state index in [1.165, 1.54) is 7.11 Å². The van der Waals surface area contributed by atoms with Crippen molar-refractivity contribution in [3.63, 3.8) is 0 Å². The van der Waals surface area contributed by atoms with Crippen molar-refractivity contribution in [2.24, 2.45) is 5.84 Å². The van der Waals surface area contributed by atoms with E-state index in [1.807, 2.05) is 49.9 Å². The van der Waals surface area contributed by atoms with Crippen LogP contribution in [0.4, 0.5) is 4.79 Å². The van der Waals surface area contributed by atoms with Gasteiger partial charge in [0, 0.05) is 30.0 Å². The molecule has 0 spiro atoms. The van der Waals surface area contributed by atoms with Gasteiger partial charge in [0.25, 0.3) is 0 Å². The molecule has 14 nitrogen and oxygen atoms in total. The zero-order valence-electron chi connectivity index (χ0n) is 30.4. The maximum Gasteiger partial charge on any atom is 0.424 e. The number of aromatic nitrogens is 4. The van der Waals surface area contributed by atoms with Gasteiger partial charge in [-0.25, -0.2) is 30.3 Å². The van der Waals surface area contributed by atoms with Crippen molar-refractivity contribution in [3.05, 3.63) is 65.9 Å². The topological polar surface area (TPSA) is 178 Å². The summed E-state index contributed by atoms with van der Waals surface area (Å²) >= 11 is 0. The van der Waals surface area contributed by atoms with Crippen molar-refractivity contribution in [3.8, 4) is 28.1 Å². The molecule has 0 fully saturated rings. The van der Waals surface area contributed by atoms with E-state index in [9.17, 15) is 14.4 Å². The van der Waals surface area contributed by atoms with Crippen molar-refractivity contribution in [1.82, 2.24) is 34.4 Å². The second-order valence-corrected chi connectivity index (χ2v) is 13.2. The van der Waals surface area contributed by atoms with Crippen LogP contribution in [0.25, 0.3) is 44.2 Å². The van der Waals surface area contributed by atoms with Crippen molar-refractivity contribution in [1.29, 1.82) is 0 Å². The smallest absolute Gasteiger partial charge is 0.424 e. The van der Waals surface area contributed by atoms with Crippen LogP contribution in [0.1, 0.15) is 70.6 Å². The highest BCUT2D eigenvalue weighted by Gasteiger charge is 2.25. The van der Waals surface area contributed by atoms with Crippen molar-refractivity contribution in [2.75, 3.05) is 26.0 Å². The van der Waals surface area contributed by atoms with Gasteiger partial charge in [0.15, 0.2) is 0 Å². The molecule has 1 aliphatic rings. The quantitative estimate of drug-likeness (QED) is 0.0814. The van der Waals surface area contributed by atoms with Crippen LogP contribution in [0, 0.1) is 0 Å². The van der Waals surface area contributed by atoms with Gasteiger partial charge in [0.2, 0.25) is 11.8 Å². The van der Waals surface area contributed by atoms with E-state index in [1.54, 1.807) is 15.8 Å². The summed E-state index contributed by atoms with van der Waals surface area (Å²) in [6.45, 7) is 9.28. The molecule has 3 heterocycles. The fourth-order valence-electron chi connectivity index (χ4n) is 6.71. The Kier molecular flexibility index (Phi) is 10.7. The van der Waals surface area contributed by atoms with Crippen LogP contribution >= 0.6 is 0 Å². The number of hydrogen-bond acceptors (Lipinski definition) is 9. The first-order chi connectivity index (χ1) is 25.1. The summed E-state index contributed by atoms with van der Waals surface area (Å²) in [7, 11) is 1.21. The van der Waals surface area contributed by atoms with Crippen LogP contribution in [0.15, 0.2) is 48.7 Å². The van der Waals surface area contributed by atoms with Gasteiger partial charge >= 0.3 is 6.09 Å². The monoisotopic (exact) mass is 709 g/mol. The Morgan fingerprint density at radius 1 is 1.04 bits per heavy atom. The second-order valence-electron chi connectivity index (χ2n) is 13.2. The molecule has 3 amide bonds. The number of amides is 3. The number of ether oxygens (including phenoxy) is 2. The number of nitrogen functional groups attached to an aromatic ring is 1. The second kappa shape index (κ2) is 15.3. The number of H-pyrrole nitrogens is 1. The third kappa shape index (κ3) is 7.11. The Hall–Kier alpha value is -5.63. The standard InChI is InChI=1S/C38H47N9O5/c1-6-9-35(48)44(14-7-2)20-34-43-30-13-11-24-16-29-27-12-10-25(15-26(27)22-52-32(29)17-28(24)37(30)47(34)40)31-18-41-33(42-31)19-45(23(4)8-3)36(49)21-46(39)38(50)51-5/h10-13,15-18,23H,6-9,14,19-22,39-40H2,1-5H3,(H,41,42)/t23-/m0/s1. The lowest BCUT2D eigenvalue weighted by atomic mass is 9.92. The zero-order chi connectivity index (χ0) is 37.1. The molecular weight excluding hydrogens is 662 g/mol. The Bertz CT molecular complexity index is 2120. The summed E-state index contributed by atoms with van der Waals surface area (Å²) in [4.78, 5) is 53.9. The highest BCUT2D eigenvalue weighted by Crippen LogP contribution is 2.42. The van der Waals surface area contributed by atoms with E-state index >= 15 is 0 Å². The van der Waals surface area contributed by atoms with E-state index in [0.29, 0.717) is 44.2 Å². The molecule has 0 unspecified atom stereocenters. The Labute approximate surface area is 302 Å². The first kappa shape index (κ1) is 36.2. The molecule has 0 aliphatic carbocycles. The minimum atomic E-state index is -0.786. The zero-order valence-corrected chi connectivity index (χ0v) is 30.4. The molecule has 0 saturated carbocycles. The fourth-order valence-corrected chi connectivity index (χ4v) is 6.71. The highest BCUT2D eigenvalue weighted by atomic mass is 16.5. The third-order valence-electron chi connectivity index (χ3n) is 9.68. The van der Waals surface area contributed by atoms with Crippen LogP contribution in [-0.4, -0.2) is 78.6 Å². The first-order valence-electron chi connectivity index (χ1n) is 17.8. The molecule has 0 radical (unpaired) electrons. The molecule has 6 rings (SSSR count). The van der Waals surface area contributed by atoms with Crippen LogP contribution in [0.2, 0.25) is 0 Å². The van der Waals surface area contributed by atoms with E-state index in [0.717, 1.165) is 73.4 Å². The minimum absolute atomic E-state index is 0.106. The van der Waals surface area contributed by atoms with Crippen molar-refractivity contribution >= 4 is 39.7 Å². The van der Waals surface area contributed by atoms with E-state index < -0.39 is 6.09 Å². The maximum absolute atomic E-state index is 13.1. The van der Waals surface area contributed by atoms with Crippen LogP contribution in [0.3, 0.4) is 0 Å². The number of nitrogens with zero attached hydrogens (tertiary/aromatic N) is 6. The van der Waals surface area contributed by atoms with Gasteiger partial charge in [0.1, 0.15) is 30.5 Å². The molecule has 14 heteroatoms. The first-order valence-corrected chi connectivity index (χ1v) is 17.8. The molecule has 274 valence electrons. The third-order valence-corrected chi connectivity index (χ3v) is 9.68. The van der Waals surface area contributed by atoms with Gasteiger partial charge in [-0.3, -0.25) is 9.59 Å². The summed E-state index contributed by atoms with van der Waals surface area (Å²) in [5, 5.41) is 2.69. The molecule has 5 aromatic rings. The average molecular weight is 710 g/mol. The number of nitrogens with two attached hydrogens (primary N) is 2. The number of carbonyl (C=O) groups excluding carboxylic acids is 3. The number of rotatable bonds is 13. The van der Waals surface area contributed by atoms with Gasteiger partial charge in [0.05, 0.1) is 43.1 Å². The predicted molar refractivity (Wildman–Crippen MR) is 199 cm³/mol. The summed E-state index contributed by atoms with van der Waals surface area (Å²) in [5.74, 6) is 14.2. The normalized spacial score (nSPS) is 12.6. The van der Waals surface area contributed by atoms with Crippen molar-refractivity contribution < 1.29 is 23.9 Å². The molecule has 5 N–H and O–H groups in total. The molecule has 0 saturated heterocycles. The summed E-state index contributed by atoms with van der Waals surface area (Å²) in [6, 6.07) is 14.3. The van der Waals surface area contributed by atoms with Crippen LogP contribution in [-0.2, 0) is 34.0 Å². The number of nitrogens with one attached hydrogen (secondary N) is 1. The highest BCUT2D eigenvalue weighted by molar-refractivity contribution is 6.07. The van der Waals surface area contributed by atoms with Gasteiger partial charge in [-0.15, -0.1) is 0 Å². The number of methoxy groups -OCH3 is 1. The van der Waals surface area contributed by atoms with Gasteiger partial charge in [-0.05, 0) is 72.5 Å². The number of hydrazine groups is 1. The fraction of sp³-hybridized carbons (Fsp3) is 0.395. The van der Waals surface area contributed by atoms with E-state index in [4.69, 9.17) is 21.4 Å². The summed E-state index contributed by atoms with van der Waals surface area (Å²) < 4.78 is 12.6. The minimum Gasteiger partial charge on any atom is -0.488 e. The van der Waals surface area contributed by atoms with Crippen LogP contribution < -0.4 is 16.4 Å². The lowest BCUT2D eigenvalue weighted by Gasteiger charge is -2.29. The van der Waals surface area contributed by atoms with E-state index in [-0.39, 0.29) is 30.9 Å².